The predicted octanol–water partition coefficient (Wildman–Crippen LogP) is 9.00. The molecular weight excluding hydrogens is 952 g/mol. The van der Waals surface area contributed by atoms with Gasteiger partial charge in [0, 0.05) is 66.6 Å². The fourth-order valence-corrected chi connectivity index (χ4v) is 13.4. The number of amides is 4. The number of halogens is 1. The molecule has 6 aliphatic heterocycles. The summed E-state index contributed by atoms with van der Waals surface area (Å²) in [4.78, 5) is 73.0. The molecule has 73 heavy (non-hydrogen) atoms. The molecule has 4 amide bonds. The van der Waals surface area contributed by atoms with Crippen LogP contribution < -0.4 is 15.4 Å². The molecule has 2 aromatic carbocycles. The molecule has 4 aromatic rings. The normalized spacial score (nSPS) is 23.7. The van der Waals surface area contributed by atoms with Crippen molar-refractivity contribution in [2.75, 3.05) is 33.9 Å². The van der Waals surface area contributed by atoms with Gasteiger partial charge in [0.15, 0.2) is 5.01 Å². The second-order valence-corrected chi connectivity index (χ2v) is 22.5. The second-order valence-electron chi connectivity index (χ2n) is 21.4. The predicted molar refractivity (Wildman–Crippen MR) is 276 cm³/mol. The lowest BCUT2D eigenvalue weighted by atomic mass is 9.82. The maximum absolute atomic E-state index is 17.0. The Bertz CT molecular complexity index is 3020. The number of benzene rings is 2. The number of aryl methyl sites for hydroxylation is 2. The molecule has 18 heteroatoms. The second kappa shape index (κ2) is 19.5. The van der Waals surface area contributed by atoms with Crippen LogP contribution in [0.3, 0.4) is 0 Å². The topological polar surface area (TPSA) is 178 Å². The fourth-order valence-electron chi connectivity index (χ4n) is 12.2. The number of methoxy groups -OCH3 is 2. The van der Waals surface area contributed by atoms with E-state index in [0.717, 1.165) is 94.7 Å². The Kier molecular flexibility index (Phi) is 13.0. The van der Waals surface area contributed by atoms with Crippen LogP contribution in [-0.2, 0) is 36.6 Å². The number of alkyl carbamates (subject to hydrolysis) is 2. The van der Waals surface area contributed by atoms with Crippen molar-refractivity contribution in [3.05, 3.63) is 81.3 Å². The lowest BCUT2D eigenvalue weighted by molar-refractivity contribution is -0.138. The molecule has 1 aliphatic carbocycles. The maximum Gasteiger partial charge on any atom is 0.407 e. The first-order valence-corrected chi connectivity index (χ1v) is 26.6. The first kappa shape index (κ1) is 48.8. The van der Waals surface area contributed by atoms with Crippen LogP contribution in [0, 0.1) is 17.7 Å². The minimum atomic E-state index is -0.746. The van der Waals surface area contributed by atoms with Crippen LogP contribution in [-0.4, -0.2) is 118 Å². The number of carbonyl (C=O) groups is 4. The molecule has 0 spiro atoms. The van der Waals surface area contributed by atoms with Gasteiger partial charge in [-0.1, -0.05) is 19.9 Å². The first-order chi connectivity index (χ1) is 35.2. The molecule has 3 fully saturated rings. The maximum atomic E-state index is 17.0. The van der Waals surface area contributed by atoms with Crippen molar-refractivity contribution in [1.82, 2.24) is 30.0 Å². The van der Waals surface area contributed by atoms with E-state index in [0.29, 0.717) is 68.0 Å². The standard InChI is InChI=1S/C55H63FN8O8S/c1-29(2)47(60-53(67)69-5)50(65)62-17-8-11-41(62)39-23-35(28-58-39)32-21-36(56)46-43-24-33-20-30(14-15-40(33)64(43)52(72-44(46)25-32)49-59-37-10-7-13-45(37)73-49)34-22-38(57-27-34)42-12-9-18-63(42)51(66)48(61-54(68)70-6)31-16-19-71-55(3,4)26-31/h14-15,20-21,24-25,27-29,31,41-42,47-48,52H,7-13,16-19,22-23,26H2,1-6H3,(H,60,67)(H,61,68)/t31?,41-,42-,47-,48?,52?/m0/s1. The summed E-state index contributed by atoms with van der Waals surface area (Å²) in [5.74, 6) is -0.561. The number of nitrogens with one attached hydrogen (secondary N) is 2. The zero-order valence-corrected chi connectivity index (χ0v) is 43.1. The van der Waals surface area contributed by atoms with Crippen molar-refractivity contribution >= 4 is 68.8 Å². The lowest BCUT2D eigenvalue weighted by Crippen LogP contribution is -2.56. The molecule has 8 heterocycles. The minimum Gasteiger partial charge on any atom is -0.462 e. The van der Waals surface area contributed by atoms with Crippen LogP contribution >= 0.6 is 11.3 Å². The van der Waals surface area contributed by atoms with E-state index < -0.39 is 41.9 Å². The monoisotopic (exact) mass is 1010 g/mol. The number of allylic oxidation sites excluding steroid dienone is 2. The summed E-state index contributed by atoms with van der Waals surface area (Å²) >= 11 is 1.66. The van der Waals surface area contributed by atoms with Crippen molar-refractivity contribution in [2.24, 2.45) is 21.8 Å². The molecule has 0 bridgehead atoms. The summed E-state index contributed by atoms with van der Waals surface area (Å²) in [6.07, 6.45) is 10.1. The van der Waals surface area contributed by atoms with Gasteiger partial charge in [-0.2, -0.15) is 0 Å². The van der Waals surface area contributed by atoms with Crippen molar-refractivity contribution in [2.45, 2.75) is 134 Å². The largest absolute Gasteiger partial charge is 0.462 e. The third-order valence-electron chi connectivity index (χ3n) is 15.9. The minimum absolute atomic E-state index is 0.108. The number of likely N-dealkylation sites (tertiary alicyclic amines) is 2. The van der Waals surface area contributed by atoms with E-state index >= 15 is 4.39 Å². The average Bonchev–Trinajstić information content (AvgIpc) is 4.23. The van der Waals surface area contributed by atoms with Gasteiger partial charge in [0.25, 0.3) is 0 Å². The quantitative estimate of drug-likeness (QED) is 0.148. The number of hydrogen-bond acceptors (Lipinski definition) is 12. The Balaban J connectivity index is 0.850. The summed E-state index contributed by atoms with van der Waals surface area (Å²) in [5.41, 5.74) is 7.84. The van der Waals surface area contributed by atoms with E-state index in [1.54, 1.807) is 23.6 Å². The van der Waals surface area contributed by atoms with Crippen molar-refractivity contribution in [1.29, 1.82) is 0 Å². The summed E-state index contributed by atoms with van der Waals surface area (Å²) < 4.78 is 41.8. The molecule has 3 saturated heterocycles. The van der Waals surface area contributed by atoms with E-state index in [9.17, 15) is 19.2 Å². The van der Waals surface area contributed by atoms with E-state index in [-0.39, 0.29) is 35.7 Å². The smallest absolute Gasteiger partial charge is 0.407 e. The van der Waals surface area contributed by atoms with Crippen molar-refractivity contribution in [3.8, 4) is 17.0 Å². The molecule has 2 N–H and O–H groups in total. The van der Waals surface area contributed by atoms with Crippen molar-refractivity contribution in [3.63, 3.8) is 0 Å². The number of nitrogens with zero attached hydrogens (tertiary/aromatic N) is 6. The number of aliphatic imine (C=N–C) groups is 2. The molecule has 3 unspecified atom stereocenters. The van der Waals surface area contributed by atoms with Crippen molar-refractivity contribution < 1.29 is 42.5 Å². The Hall–Kier alpha value is -6.40. The van der Waals surface area contributed by atoms with Crippen LogP contribution in [0.15, 0.2) is 58.8 Å². The van der Waals surface area contributed by atoms with Gasteiger partial charge in [-0.15, -0.1) is 11.3 Å². The Labute approximate surface area is 428 Å². The molecule has 384 valence electrons. The van der Waals surface area contributed by atoms with Gasteiger partial charge in [0.1, 0.15) is 23.7 Å². The fraction of sp³-hybridized carbons (Fsp3) is 0.509. The summed E-state index contributed by atoms with van der Waals surface area (Å²) in [7, 11) is 2.59. The van der Waals surface area contributed by atoms with Gasteiger partial charge in [0.2, 0.25) is 18.0 Å². The van der Waals surface area contributed by atoms with Gasteiger partial charge in [-0.25, -0.2) is 19.0 Å². The number of ether oxygens (including phenoxy) is 4. The van der Waals surface area contributed by atoms with Crippen LogP contribution in [0.1, 0.15) is 118 Å². The lowest BCUT2D eigenvalue weighted by Gasteiger charge is -2.40. The van der Waals surface area contributed by atoms with E-state index in [4.69, 9.17) is 33.9 Å². The van der Waals surface area contributed by atoms with Crippen LogP contribution in [0.2, 0.25) is 0 Å². The molecule has 7 aliphatic rings. The van der Waals surface area contributed by atoms with Gasteiger partial charge in [-0.3, -0.25) is 24.1 Å². The number of carbonyl (C=O) groups excluding carboxylic acids is 4. The van der Waals surface area contributed by atoms with Gasteiger partial charge in [-0.05, 0) is 136 Å². The molecule has 2 aromatic heterocycles. The number of rotatable bonds is 11. The SMILES string of the molecule is COC(=O)NC(C(=O)N1CCC[C@H]1C1=NC=C(c2ccc3c(c2)cc2n3C(c3nc4c(s3)CCC4)Oc3cc(C4=CN=C([C@@H]5CCCN5C(=O)[C@@H](NC(=O)OC)C(C)C)C4)cc(F)c3-2)C1)C1CCOC(C)(C)C1. The van der Waals surface area contributed by atoms with Crippen LogP contribution in [0.4, 0.5) is 14.0 Å². The zero-order chi connectivity index (χ0) is 50.9. The molecule has 0 radical (unpaired) electrons. The van der Waals surface area contributed by atoms with Crippen LogP contribution in [0.25, 0.3) is 33.3 Å². The Morgan fingerprint density at radius 3 is 2.19 bits per heavy atom. The zero-order valence-electron chi connectivity index (χ0n) is 42.3. The first-order valence-electron chi connectivity index (χ1n) is 25.8. The van der Waals surface area contributed by atoms with E-state index in [2.05, 4.69) is 33.4 Å². The number of fused-ring (bicyclic) bond motifs is 6. The summed E-state index contributed by atoms with van der Waals surface area (Å²) in [5, 5.41) is 7.33. The number of hydrogen-bond donors (Lipinski definition) is 2. The van der Waals surface area contributed by atoms with Gasteiger partial charge >= 0.3 is 12.2 Å². The van der Waals surface area contributed by atoms with Crippen LogP contribution in [0.5, 0.6) is 5.75 Å². The molecule has 0 saturated carbocycles. The third-order valence-corrected chi connectivity index (χ3v) is 17.1. The summed E-state index contributed by atoms with van der Waals surface area (Å²) in [6, 6.07) is 9.84. The van der Waals surface area contributed by atoms with E-state index in [1.165, 1.54) is 19.1 Å². The molecule has 16 nitrogen and oxygen atoms in total. The van der Waals surface area contributed by atoms with E-state index in [1.807, 2.05) is 55.8 Å². The molecule has 11 rings (SSSR count). The highest BCUT2D eigenvalue weighted by molar-refractivity contribution is 7.11. The highest BCUT2D eigenvalue weighted by atomic mass is 32.1. The molecular formula is C55H63FN8O8S. The Morgan fingerprint density at radius 1 is 0.836 bits per heavy atom. The third kappa shape index (κ3) is 9.12. The Morgan fingerprint density at radius 2 is 1.52 bits per heavy atom. The highest BCUT2D eigenvalue weighted by Gasteiger charge is 2.44. The average molecular weight is 1020 g/mol. The highest BCUT2D eigenvalue weighted by Crippen LogP contribution is 2.49. The number of thiazole rings is 1. The van der Waals surface area contributed by atoms with Gasteiger partial charge in [0.05, 0.1) is 54.4 Å². The summed E-state index contributed by atoms with van der Waals surface area (Å²) in [6.45, 7) is 9.44. The number of aromatic nitrogens is 2. The van der Waals surface area contributed by atoms with Gasteiger partial charge < -0.3 is 39.4 Å². The molecule has 6 atom stereocenters.